The first-order valence-electron chi connectivity index (χ1n) is 9.33. The van der Waals surface area contributed by atoms with E-state index in [4.69, 9.17) is 21.1 Å². The molecule has 3 rings (SSSR count). The van der Waals surface area contributed by atoms with Crippen LogP contribution in [0.2, 0.25) is 5.02 Å². The summed E-state index contributed by atoms with van der Waals surface area (Å²) in [5.41, 5.74) is 1.39. The van der Waals surface area contributed by atoms with Gasteiger partial charge in [-0.3, -0.25) is 9.69 Å². The smallest absolute Gasteiger partial charge is 0.266 e. The summed E-state index contributed by atoms with van der Waals surface area (Å²) in [6, 6.07) is 10.6. The van der Waals surface area contributed by atoms with E-state index in [-0.39, 0.29) is 28.3 Å². The number of rotatable bonds is 6. The van der Waals surface area contributed by atoms with Crippen LogP contribution in [0, 0.1) is 5.92 Å². The molecule has 158 valence electrons. The highest BCUT2D eigenvalue weighted by atomic mass is 35.5. The number of amidine groups is 1. The summed E-state index contributed by atoms with van der Waals surface area (Å²) in [7, 11) is 3.06. The minimum absolute atomic E-state index is 0.121. The number of amides is 1. The van der Waals surface area contributed by atoms with Crippen molar-refractivity contribution in [3.05, 3.63) is 51.9 Å². The Balaban J connectivity index is 1.97. The van der Waals surface area contributed by atoms with Crippen LogP contribution in [-0.4, -0.2) is 41.8 Å². The van der Waals surface area contributed by atoms with Crippen molar-refractivity contribution in [2.75, 3.05) is 20.8 Å². The minimum atomic E-state index is -0.130. The lowest BCUT2D eigenvalue weighted by Crippen LogP contribution is -2.32. The van der Waals surface area contributed by atoms with Gasteiger partial charge in [0.15, 0.2) is 16.7 Å². The van der Waals surface area contributed by atoms with E-state index in [2.05, 4.69) is 18.8 Å². The van der Waals surface area contributed by atoms with Gasteiger partial charge < -0.3 is 14.6 Å². The zero-order valence-corrected chi connectivity index (χ0v) is 18.8. The first-order chi connectivity index (χ1) is 14.3. The third-order valence-corrected chi connectivity index (χ3v) is 5.60. The second-order valence-electron chi connectivity index (χ2n) is 7.07. The van der Waals surface area contributed by atoms with E-state index >= 15 is 0 Å². The average Bonchev–Trinajstić information content (AvgIpc) is 2.99. The lowest BCUT2D eigenvalue weighted by Gasteiger charge is -2.17. The van der Waals surface area contributed by atoms with Gasteiger partial charge in [-0.15, -0.1) is 0 Å². The third-order valence-electron chi connectivity index (χ3n) is 4.30. The Morgan fingerprint density at radius 1 is 1.20 bits per heavy atom. The number of phenolic OH excluding ortho intramolecular Hbond substituents is 1. The van der Waals surface area contributed by atoms with Crippen LogP contribution in [0.4, 0.5) is 5.69 Å². The molecule has 1 aliphatic heterocycles. The first kappa shape index (κ1) is 22.1. The van der Waals surface area contributed by atoms with Crippen molar-refractivity contribution >= 4 is 46.2 Å². The number of phenols is 1. The van der Waals surface area contributed by atoms with Crippen molar-refractivity contribution in [3.63, 3.8) is 0 Å². The topological polar surface area (TPSA) is 71.4 Å². The second kappa shape index (κ2) is 9.45. The van der Waals surface area contributed by atoms with Crippen LogP contribution < -0.4 is 9.47 Å². The number of benzene rings is 2. The molecular weight excluding hydrogens is 424 g/mol. The van der Waals surface area contributed by atoms with Gasteiger partial charge in [0.25, 0.3) is 5.91 Å². The summed E-state index contributed by atoms with van der Waals surface area (Å²) < 4.78 is 10.3. The molecule has 0 aliphatic carbocycles. The molecule has 0 spiro atoms. The molecule has 8 heteroatoms. The molecule has 0 atom stereocenters. The molecule has 30 heavy (non-hydrogen) atoms. The Hall–Kier alpha value is -2.64. The van der Waals surface area contributed by atoms with E-state index in [1.165, 1.54) is 18.9 Å². The van der Waals surface area contributed by atoms with E-state index in [0.29, 0.717) is 22.2 Å². The zero-order chi connectivity index (χ0) is 21.8. The number of hydrogen-bond acceptors (Lipinski definition) is 6. The zero-order valence-electron chi connectivity index (χ0n) is 17.2. The first-order valence-corrected chi connectivity index (χ1v) is 10.5. The van der Waals surface area contributed by atoms with Crippen LogP contribution in [0.3, 0.4) is 0 Å². The fraction of sp³-hybridized carbons (Fsp3) is 0.273. The molecule has 1 heterocycles. The Morgan fingerprint density at radius 3 is 2.50 bits per heavy atom. The number of hydrogen-bond donors (Lipinski definition) is 1. The molecule has 1 amide bonds. The number of ether oxygens (including phenoxy) is 2. The lowest BCUT2D eigenvalue weighted by atomic mass is 10.1. The molecule has 1 fully saturated rings. The minimum Gasteiger partial charge on any atom is -0.503 e. The molecule has 1 aliphatic rings. The van der Waals surface area contributed by atoms with Gasteiger partial charge in [-0.2, -0.15) is 0 Å². The number of thioether (sulfide) groups is 1. The second-order valence-corrected chi connectivity index (χ2v) is 8.48. The van der Waals surface area contributed by atoms with Gasteiger partial charge in [-0.05, 0) is 65.7 Å². The Labute approximate surface area is 185 Å². The van der Waals surface area contributed by atoms with Crippen molar-refractivity contribution in [3.8, 4) is 17.2 Å². The van der Waals surface area contributed by atoms with Crippen molar-refractivity contribution in [1.82, 2.24) is 4.90 Å². The van der Waals surface area contributed by atoms with Gasteiger partial charge in [-0.1, -0.05) is 25.4 Å². The number of nitrogens with zero attached hydrogens (tertiary/aromatic N) is 2. The van der Waals surface area contributed by atoms with E-state index in [0.717, 1.165) is 11.4 Å². The van der Waals surface area contributed by atoms with Crippen LogP contribution in [-0.2, 0) is 4.79 Å². The third kappa shape index (κ3) is 4.91. The van der Waals surface area contributed by atoms with Crippen LogP contribution in [0.1, 0.15) is 19.4 Å². The molecule has 0 bridgehead atoms. The molecule has 2 aromatic carbocycles. The molecule has 0 aromatic heterocycles. The van der Waals surface area contributed by atoms with Gasteiger partial charge >= 0.3 is 0 Å². The van der Waals surface area contributed by atoms with E-state index < -0.39 is 0 Å². The van der Waals surface area contributed by atoms with Crippen LogP contribution >= 0.6 is 23.4 Å². The van der Waals surface area contributed by atoms with E-state index in [9.17, 15) is 9.90 Å². The molecule has 2 aromatic rings. The van der Waals surface area contributed by atoms with Crippen LogP contribution in [0.15, 0.2) is 46.3 Å². The summed E-state index contributed by atoms with van der Waals surface area (Å²) in [5, 5.41) is 10.7. The van der Waals surface area contributed by atoms with Crippen molar-refractivity contribution in [1.29, 1.82) is 0 Å². The number of methoxy groups -OCH3 is 2. The fourth-order valence-corrected chi connectivity index (χ4v) is 4.10. The van der Waals surface area contributed by atoms with Crippen LogP contribution in [0.25, 0.3) is 6.08 Å². The standard InChI is InChI=1S/C22H23ClN2O4S/c1-13(2)12-25-21(27)19(11-14-9-17(23)20(26)18(10-14)29-4)30-22(25)24-15-5-7-16(28-3)8-6-15/h5-11,13,26H,12H2,1-4H3/b19-11-,24-22?. The normalized spacial score (nSPS) is 16.7. The summed E-state index contributed by atoms with van der Waals surface area (Å²) in [6.45, 7) is 4.66. The number of carbonyl (C=O) groups is 1. The highest BCUT2D eigenvalue weighted by molar-refractivity contribution is 8.18. The maximum absolute atomic E-state index is 13.1. The van der Waals surface area contributed by atoms with Gasteiger partial charge in [0.1, 0.15) is 5.75 Å². The number of aromatic hydroxyl groups is 1. The van der Waals surface area contributed by atoms with Crippen molar-refractivity contribution in [2.45, 2.75) is 13.8 Å². The Bertz CT molecular complexity index is 1000. The average molecular weight is 447 g/mol. The maximum atomic E-state index is 13.1. The fourth-order valence-electron chi connectivity index (χ4n) is 2.87. The van der Waals surface area contributed by atoms with Crippen LogP contribution in [0.5, 0.6) is 17.2 Å². The van der Waals surface area contributed by atoms with Crippen molar-refractivity contribution in [2.24, 2.45) is 10.9 Å². The molecule has 0 radical (unpaired) electrons. The largest absolute Gasteiger partial charge is 0.503 e. The summed E-state index contributed by atoms with van der Waals surface area (Å²) in [5.74, 6) is 1.01. The monoisotopic (exact) mass is 446 g/mol. The molecule has 1 saturated heterocycles. The van der Waals surface area contributed by atoms with Crippen molar-refractivity contribution < 1.29 is 19.4 Å². The molecule has 1 N–H and O–H groups in total. The SMILES string of the molecule is COc1ccc(N=C2S/C(=C\c3cc(Cl)c(O)c(OC)c3)C(=O)N2CC(C)C)cc1. The molecule has 6 nitrogen and oxygen atoms in total. The van der Waals surface area contributed by atoms with Gasteiger partial charge in [-0.25, -0.2) is 4.99 Å². The summed E-state index contributed by atoms with van der Waals surface area (Å²) >= 11 is 7.38. The number of aliphatic imine (C=N–C) groups is 1. The summed E-state index contributed by atoms with van der Waals surface area (Å²) in [4.78, 5) is 20.0. The molecule has 0 saturated carbocycles. The highest BCUT2D eigenvalue weighted by Crippen LogP contribution is 2.38. The van der Waals surface area contributed by atoms with Gasteiger partial charge in [0.05, 0.1) is 29.8 Å². The number of halogens is 1. The predicted octanol–water partition coefficient (Wildman–Crippen LogP) is 5.32. The van der Waals surface area contributed by atoms with Gasteiger partial charge in [0, 0.05) is 6.54 Å². The molecule has 0 unspecified atom stereocenters. The number of carbonyl (C=O) groups excluding carboxylic acids is 1. The Morgan fingerprint density at radius 2 is 1.90 bits per heavy atom. The summed E-state index contributed by atoms with van der Waals surface area (Å²) in [6.07, 6.45) is 1.73. The Kier molecular flexibility index (Phi) is 6.95. The van der Waals surface area contributed by atoms with E-state index in [1.54, 1.807) is 30.2 Å². The van der Waals surface area contributed by atoms with Gasteiger partial charge in [0.2, 0.25) is 0 Å². The molecular formula is C22H23ClN2O4S. The lowest BCUT2D eigenvalue weighted by molar-refractivity contribution is -0.122. The quantitative estimate of drug-likeness (QED) is 0.608. The highest BCUT2D eigenvalue weighted by Gasteiger charge is 2.33. The van der Waals surface area contributed by atoms with E-state index in [1.807, 2.05) is 24.3 Å². The maximum Gasteiger partial charge on any atom is 0.266 e. The predicted molar refractivity (Wildman–Crippen MR) is 122 cm³/mol.